The summed E-state index contributed by atoms with van der Waals surface area (Å²) in [6.07, 6.45) is 1.40. The van der Waals surface area contributed by atoms with Crippen molar-refractivity contribution in [2.75, 3.05) is 39.3 Å². The van der Waals surface area contributed by atoms with E-state index in [1.165, 1.54) is 32.6 Å². The van der Waals surface area contributed by atoms with Gasteiger partial charge in [0.15, 0.2) is 5.82 Å². The Hall–Kier alpha value is -0.980. The van der Waals surface area contributed by atoms with E-state index in [2.05, 4.69) is 38.7 Å². The topological polar surface area (TPSA) is 48.6 Å². The predicted molar refractivity (Wildman–Crippen MR) is 71.6 cm³/mol. The molecule has 2 saturated heterocycles. The third-order valence-corrected chi connectivity index (χ3v) is 4.31. The minimum Gasteiger partial charge on any atom is -0.343 e. The molecule has 2 aliphatic rings. The van der Waals surface area contributed by atoms with Gasteiger partial charge in [0.25, 0.3) is 0 Å². The van der Waals surface area contributed by atoms with Gasteiger partial charge in [-0.3, -0.25) is 14.7 Å². The van der Waals surface area contributed by atoms with E-state index in [-0.39, 0.29) is 0 Å². The van der Waals surface area contributed by atoms with Crippen molar-refractivity contribution in [1.29, 1.82) is 0 Å². The van der Waals surface area contributed by atoms with E-state index >= 15 is 0 Å². The van der Waals surface area contributed by atoms with Crippen molar-refractivity contribution in [3.8, 4) is 0 Å². The monoisotopic (exact) mass is 265 g/mol. The third kappa shape index (κ3) is 2.96. The van der Waals surface area contributed by atoms with E-state index in [0.29, 0.717) is 6.04 Å². The Morgan fingerprint density at radius 2 is 2.00 bits per heavy atom. The minimum atomic E-state index is 0.679. The number of rotatable bonds is 4. The van der Waals surface area contributed by atoms with Crippen LogP contribution in [0.5, 0.6) is 0 Å². The standard InChI is InChI=1S/C13H23N5O/c1-11(2)17-3-5-18(6-4-17)12-7-16(8-12)9-13-14-10-19-15-13/h10-12H,3-9H2,1-2H3. The van der Waals surface area contributed by atoms with Gasteiger partial charge in [-0.2, -0.15) is 4.98 Å². The third-order valence-electron chi connectivity index (χ3n) is 4.31. The van der Waals surface area contributed by atoms with Gasteiger partial charge in [0, 0.05) is 51.4 Å². The van der Waals surface area contributed by atoms with Gasteiger partial charge in [-0.15, -0.1) is 0 Å². The highest BCUT2D eigenvalue weighted by Gasteiger charge is 2.34. The maximum absolute atomic E-state index is 4.76. The molecule has 1 aromatic heterocycles. The SMILES string of the molecule is CC(C)N1CCN(C2CN(Cc3ncon3)C2)CC1. The highest BCUT2D eigenvalue weighted by molar-refractivity contribution is 4.93. The van der Waals surface area contributed by atoms with Gasteiger partial charge in [-0.1, -0.05) is 5.16 Å². The molecule has 1 aromatic rings. The van der Waals surface area contributed by atoms with Crippen LogP contribution in [0.3, 0.4) is 0 Å². The lowest BCUT2D eigenvalue weighted by atomic mass is 10.1. The predicted octanol–water partition coefficient (Wildman–Crippen LogP) is 0.280. The molecular weight excluding hydrogens is 242 g/mol. The van der Waals surface area contributed by atoms with E-state index in [9.17, 15) is 0 Å². The van der Waals surface area contributed by atoms with Crippen molar-refractivity contribution in [1.82, 2.24) is 24.8 Å². The van der Waals surface area contributed by atoms with Crippen LogP contribution >= 0.6 is 0 Å². The van der Waals surface area contributed by atoms with Gasteiger partial charge in [-0.05, 0) is 13.8 Å². The normalized spacial score (nSPS) is 23.9. The van der Waals surface area contributed by atoms with Crippen LogP contribution in [0.25, 0.3) is 0 Å². The highest BCUT2D eigenvalue weighted by Crippen LogP contribution is 2.19. The summed E-state index contributed by atoms with van der Waals surface area (Å²) in [6.45, 7) is 12.5. The first-order valence-corrected chi connectivity index (χ1v) is 7.18. The van der Waals surface area contributed by atoms with E-state index in [1.807, 2.05) is 0 Å². The first-order chi connectivity index (χ1) is 9.22. The fraction of sp³-hybridized carbons (Fsp3) is 0.846. The number of hydrogen-bond donors (Lipinski definition) is 0. The lowest BCUT2D eigenvalue weighted by molar-refractivity contribution is -0.00537. The summed E-state index contributed by atoms with van der Waals surface area (Å²) in [6, 6.07) is 1.40. The molecule has 3 heterocycles. The van der Waals surface area contributed by atoms with Crippen LogP contribution in [0.15, 0.2) is 10.9 Å². The zero-order chi connectivity index (χ0) is 13.2. The van der Waals surface area contributed by atoms with Crippen LogP contribution in [-0.4, -0.2) is 76.2 Å². The number of piperazine rings is 1. The second-order valence-electron chi connectivity index (χ2n) is 5.86. The molecule has 2 aliphatic heterocycles. The van der Waals surface area contributed by atoms with Crippen LogP contribution in [0, 0.1) is 0 Å². The van der Waals surface area contributed by atoms with Crippen LogP contribution in [0.4, 0.5) is 0 Å². The summed E-state index contributed by atoms with van der Waals surface area (Å²) in [5, 5.41) is 3.86. The fourth-order valence-corrected chi connectivity index (χ4v) is 2.98. The van der Waals surface area contributed by atoms with Crippen LogP contribution in [-0.2, 0) is 6.54 Å². The number of aromatic nitrogens is 2. The Labute approximate surface area is 114 Å². The Morgan fingerprint density at radius 1 is 1.26 bits per heavy atom. The maximum Gasteiger partial charge on any atom is 0.213 e. The molecule has 19 heavy (non-hydrogen) atoms. The molecule has 0 N–H and O–H groups in total. The average Bonchev–Trinajstić information content (AvgIpc) is 2.86. The van der Waals surface area contributed by atoms with Crippen molar-refractivity contribution >= 4 is 0 Å². The molecular formula is C13H23N5O. The molecule has 0 amide bonds. The van der Waals surface area contributed by atoms with Crippen molar-refractivity contribution in [3.63, 3.8) is 0 Å². The molecule has 0 bridgehead atoms. The first kappa shape index (κ1) is 13.0. The van der Waals surface area contributed by atoms with Crippen LogP contribution < -0.4 is 0 Å². The fourth-order valence-electron chi connectivity index (χ4n) is 2.98. The van der Waals surface area contributed by atoms with E-state index < -0.39 is 0 Å². The molecule has 6 nitrogen and oxygen atoms in total. The van der Waals surface area contributed by atoms with Crippen molar-refractivity contribution < 1.29 is 4.52 Å². The van der Waals surface area contributed by atoms with Crippen molar-refractivity contribution in [2.45, 2.75) is 32.5 Å². The van der Waals surface area contributed by atoms with Gasteiger partial charge in [-0.25, -0.2) is 0 Å². The quantitative estimate of drug-likeness (QED) is 0.779. The summed E-state index contributed by atoms with van der Waals surface area (Å²) >= 11 is 0. The molecule has 0 unspecified atom stereocenters. The zero-order valence-corrected chi connectivity index (χ0v) is 11.8. The molecule has 0 aliphatic carbocycles. The first-order valence-electron chi connectivity index (χ1n) is 7.18. The smallest absolute Gasteiger partial charge is 0.213 e. The van der Waals surface area contributed by atoms with E-state index in [1.54, 1.807) is 0 Å². The summed E-state index contributed by atoms with van der Waals surface area (Å²) in [7, 11) is 0. The number of hydrogen-bond acceptors (Lipinski definition) is 6. The summed E-state index contributed by atoms with van der Waals surface area (Å²) in [4.78, 5) is 11.6. The van der Waals surface area contributed by atoms with Crippen molar-refractivity contribution in [3.05, 3.63) is 12.2 Å². The minimum absolute atomic E-state index is 0.679. The summed E-state index contributed by atoms with van der Waals surface area (Å²) in [5.74, 6) is 0.795. The lowest BCUT2D eigenvalue weighted by Crippen LogP contribution is -2.63. The molecule has 0 aromatic carbocycles. The molecule has 6 heteroatoms. The molecule has 0 saturated carbocycles. The number of likely N-dealkylation sites (tertiary alicyclic amines) is 1. The van der Waals surface area contributed by atoms with E-state index in [4.69, 9.17) is 4.52 Å². The second-order valence-corrected chi connectivity index (χ2v) is 5.86. The van der Waals surface area contributed by atoms with Crippen LogP contribution in [0.2, 0.25) is 0 Å². The highest BCUT2D eigenvalue weighted by atomic mass is 16.5. The van der Waals surface area contributed by atoms with Gasteiger partial charge in [0.2, 0.25) is 6.39 Å². The van der Waals surface area contributed by atoms with Crippen LogP contribution in [0.1, 0.15) is 19.7 Å². The molecule has 0 atom stereocenters. The molecule has 3 rings (SSSR count). The Kier molecular flexibility index (Phi) is 3.81. The van der Waals surface area contributed by atoms with E-state index in [0.717, 1.165) is 31.5 Å². The van der Waals surface area contributed by atoms with Crippen molar-refractivity contribution in [2.24, 2.45) is 0 Å². The number of nitrogens with zero attached hydrogens (tertiary/aromatic N) is 5. The zero-order valence-electron chi connectivity index (χ0n) is 11.8. The molecule has 0 spiro atoms. The van der Waals surface area contributed by atoms with Gasteiger partial charge >= 0.3 is 0 Å². The molecule has 2 fully saturated rings. The Balaban J connectivity index is 1.40. The molecule has 0 radical (unpaired) electrons. The lowest BCUT2D eigenvalue weighted by Gasteiger charge is -2.48. The van der Waals surface area contributed by atoms with Gasteiger partial charge < -0.3 is 4.52 Å². The molecule has 106 valence electrons. The summed E-state index contributed by atoms with van der Waals surface area (Å²) < 4.78 is 4.76. The Bertz CT molecular complexity index is 380. The largest absolute Gasteiger partial charge is 0.343 e. The second kappa shape index (κ2) is 5.56. The summed E-state index contributed by atoms with van der Waals surface area (Å²) in [5.41, 5.74) is 0. The van der Waals surface area contributed by atoms with Gasteiger partial charge in [0.1, 0.15) is 0 Å². The average molecular weight is 265 g/mol. The van der Waals surface area contributed by atoms with Gasteiger partial charge in [0.05, 0.1) is 6.54 Å². The maximum atomic E-state index is 4.76. The Morgan fingerprint density at radius 3 is 2.58 bits per heavy atom.